The molecule has 0 heterocycles. The Balaban J connectivity index is 2.36. The summed E-state index contributed by atoms with van der Waals surface area (Å²) in [4.78, 5) is 12.3. The van der Waals surface area contributed by atoms with Gasteiger partial charge in [-0.15, -0.1) is 0 Å². The first-order valence-electron chi connectivity index (χ1n) is 7.28. The van der Waals surface area contributed by atoms with Crippen LogP contribution in [0.5, 0.6) is 5.75 Å². The maximum Gasteiger partial charge on any atom is 0.340 e. The van der Waals surface area contributed by atoms with Crippen LogP contribution in [0.2, 0.25) is 10.0 Å². The number of anilines is 1. The molecule has 0 aromatic heterocycles. The second kappa shape index (κ2) is 8.62. The van der Waals surface area contributed by atoms with E-state index in [0.29, 0.717) is 32.6 Å². The highest BCUT2D eigenvalue weighted by atomic mass is 35.5. The zero-order valence-electron chi connectivity index (χ0n) is 13.3. The molecule has 2 aromatic rings. The van der Waals surface area contributed by atoms with Crippen molar-refractivity contribution in [1.29, 1.82) is 0 Å². The topological polar surface area (TPSA) is 47.6 Å². The first kappa shape index (κ1) is 18.2. The number of halogens is 2. The van der Waals surface area contributed by atoms with Gasteiger partial charge in [-0.1, -0.05) is 35.3 Å². The molecular weight excluding hydrogens is 349 g/mol. The zero-order chi connectivity index (χ0) is 17.5. The molecule has 0 atom stereocenters. The van der Waals surface area contributed by atoms with Gasteiger partial charge in [-0.25, -0.2) is 4.79 Å². The first-order chi connectivity index (χ1) is 11.5. The molecule has 0 saturated heterocycles. The number of benzene rings is 2. The fourth-order valence-electron chi connectivity index (χ4n) is 2.02. The van der Waals surface area contributed by atoms with E-state index in [1.165, 1.54) is 0 Å². The summed E-state index contributed by atoms with van der Waals surface area (Å²) in [5.41, 5.74) is 1.66. The maximum absolute atomic E-state index is 12.3. The van der Waals surface area contributed by atoms with Crippen LogP contribution in [0.1, 0.15) is 12.5 Å². The predicted octanol–water partition coefficient (Wildman–Crippen LogP) is 5.02. The van der Waals surface area contributed by atoms with Gasteiger partial charge in [-0.3, -0.25) is 0 Å². The molecule has 0 spiro atoms. The Bertz CT molecular complexity index is 760. The maximum atomic E-state index is 12.3. The van der Waals surface area contributed by atoms with E-state index in [2.05, 4.69) is 5.32 Å². The van der Waals surface area contributed by atoms with Gasteiger partial charge in [0.15, 0.2) is 0 Å². The Hall–Kier alpha value is -2.17. The number of carbonyl (C=O) groups excluding carboxylic acids is 1. The molecule has 1 N–H and O–H groups in total. The third-order valence-electron chi connectivity index (χ3n) is 3.18. The summed E-state index contributed by atoms with van der Waals surface area (Å²) in [6.07, 6.45) is 1.56. The molecule has 0 aliphatic heterocycles. The lowest BCUT2D eigenvalue weighted by molar-refractivity contribution is -0.136. The lowest BCUT2D eigenvalue weighted by Gasteiger charge is -2.11. The highest BCUT2D eigenvalue weighted by Crippen LogP contribution is 2.27. The normalized spacial score (nSPS) is 11.1. The molecule has 4 nitrogen and oxygen atoms in total. The Morgan fingerprint density at radius 3 is 2.67 bits per heavy atom. The number of nitrogens with one attached hydrogen (secondary N) is 1. The van der Waals surface area contributed by atoms with Crippen molar-refractivity contribution < 1.29 is 14.3 Å². The molecule has 0 amide bonds. The molecule has 0 saturated carbocycles. The van der Waals surface area contributed by atoms with Gasteiger partial charge in [0.25, 0.3) is 0 Å². The van der Waals surface area contributed by atoms with Crippen LogP contribution in [0.25, 0.3) is 5.57 Å². The Morgan fingerprint density at radius 2 is 2.00 bits per heavy atom. The Kier molecular flexibility index (Phi) is 6.53. The van der Waals surface area contributed by atoms with Crippen molar-refractivity contribution in [3.05, 3.63) is 64.3 Å². The van der Waals surface area contributed by atoms with Crippen LogP contribution in [-0.2, 0) is 9.53 Å². The average Bonchev–Trinajstić information content (AvgIpc) is 2.57. The van der Waals surface area contributed by atoms with Gasteiger partial charge in [0, 0.05) is 11.2 Å². The molecule has 0 aliphatic rings. The van der Waals surface area contributed by atoms with Crippen LogP contribution < -0.4 is 10.1 Å². The molecule has 0 radical (unpaired) electrons. The summed E-state index contributed by atoms with van der Waals surface area (Å²) in [6, 6.07) is 12.2. The standard InChI is InChI=1S/C18H17Cl2NO3/c1-3-24-18(22)15(12-5-4-6-14(9-12)23-2)11-21-17-8-7-13(19)10-16(17)20/h4-11,21H,3H2,1-2H3/b15-11+. The summed E-state index contributed by atoms with van der Waals surface area (Å²) in [5.74, 6) is 0.204. The van der Waals surface area contributed by atoms with Crippen molar-refractivity contribution >= 4 is 40.4 Å². The van der Waals surface area contributed by atoms with E-state index in [1.807, 2.05) is 0 Å². The molecule has 0 unspecified atom stereocenters. The SMILES string of the molecule is CCOC(=O)/C(=C/Nc1ccc(Cl)cc1Cl)c1cccc(OC)c1. The van der Waals surface area contributed by atoms with Crippen molar-refractivity contribution in [2.45, 2.75) is 6.92 Å². The second-order valence-electron chi connectivity index (χ2n) is 4.78. The molecular formula is C18H17Cl2NO3. The van der Waals surface area contributed by atoms with Crippen molar-refractivity contribution in [3.8, 4) is 5.75 Å². The van der Waals surface area contributed by atoms with Gasteiger partial charge in [0.1, 0.15) is 5.75 Å². The van der Waals surface area contributed by atoms with Crippen molar-refractivity contribution in [2.24, 2.45) is 0 Å². The van der Waals surface area contributed by atoms with E-state index < -0.39 is 5.97 Å². The summed E-state index contributed by atoms with van der Waals surface area (Å²) in [6.45, 7) is 2.03. The number of ether oxygens (including phenoxy) is 2. The summed E-state index contributed by atoms with van der Waals surface area (Å²) in [7, 11) is 1.57. The minimum atomic E-state index is -0.441. The molecule has 6 heteroatoms. The highest BCUT2D eigenvalue weighted by Gasteiger charge is 2.14. The number of esters is 1. The molecule has 2 rings (SSSR count). The molecule has 0 aliphatic carbocycles. The van der Waals surface area contributed by atoms with Crippen LogP contribution >= 0.6 is 23.2 Å². The van der Waals surface area contributed by atoms with Gasteiger partial charge >= 0.3 is 5.97 Å². The van der Waals surface area contributed by atoms with Crippen LogP contribution in [0.15, 0.2) is 48.7 Å². The number of hydrogen-bond acceptors (Lipinski definition) is 4. The third kappa shape index (κ3) is 4.66. The van der Waals surface area contributed by atoms with Crippen molar-refractivity contribution in [3.63, 3.8) is 0 Å². The van der Waals surface area contributed by atoms with E-state index in [-0.39, 0.29) is 6.61 Å². The van der Waals surface area contributed by atoms with Gasteiger partial charge < -0.3 is 14.8 Å². The highest BCUT2D eigenvalue weighted by molar-refractivity contribution is 6.36. The summed E-state index contributed by atoms with van der Waals surface area (Å²) < 4.78 is 10.3. The van der Waals surface area contributed by atoms with Crippen LogP contribution in [0, 0.1) is 0 Å². The van der Waals surface area contributed by atoms with Crippen molar-refractivity contribution in [2.75, 3.05) is 19.0 Å². The minimum absolute atomic E-state index is 0.280. The van der Waals surface area contributed by atoms with Crippen LogP contribution in [-0.4, -0.2) is 19.7 Å². The number of hydrogen-bond donors (Lipinski definition) is 1. The van der Waals surface area contributed by atoms with E-state index in [4.69, 9.17) is 32.7 Å². The fourth-order valence-corrected chi connectivity index (χ4v) is 2.48. The van der Waals surface area contributed by atoms with E-state index in [0.717, 1.165) is 0 Å². The summed E-state index contributed by atoms with van der Waals surface area (Å²) in [5, 5.41) is 4.01. The second-order valence-corrected chi connectivity index (χ2v) is 5.62. The van der Waals surface area contributed by atoms with Crippen LogP contribution in [0.3, 0.4) is 0 Å². The lowest BCUT2D eigenvalue weighted by atomic mass is 10.1. The zero-order valence-corrected chi connectivity index (χ0v) is 14.8. The molecule has 2 aromatic carbocycles. The number of carbonyl (C=O) groups is 1. The monoisotopic (exact) mass is 365 g/mol. The van der Waals surface area contributed by atoms with E-state index >= 15 is 0 Å². The first-order valence-corrected chi connectivity index (χ1v) is 8.04. The Labute approximate surface area is 151 Å². The quantitative estimate of drug-likeness (QED) is 0.576. The van der Waals surface area contributed by atoms with Crippen molar-refractivity contribution in [1.82, 2.24) is 0 Å². The number of methoxy groups -OCH3 is 1. The third-order valence-corrected chi connectivity index (χ3v) is 3.73. The molecule has 24 heavy (non-hydrogen) atoms. The predicted molar refractivity (Wildman–Crippen MR) is 97.7 cm³/mol. The summed E-state index contributed by atoms with van der Waals surface area (Å²) >= 11 is 12.0. The van der Waals surface area contributed by atoms with Gasteiger partial charge in [-0.05, 0) is 42.8 Å². The van der Waals surface area contributed by atoms with Gasteiger partial charge in [0.2, 0.25) is 0 Å². The van der Waals surface area contributed by atoms with Gasteiger partial charge in [0.05, 0.1) is 30.0 Å². The average molecular weight is 366 g/mol. The Morgan fingerprint density at radius 1 is 1.21 bits per heavy atom. The molecule has 0 fully saturated rings. The van der Waals surface area contributed by atoms with E-state index in [9.17, 15) is 4.79 Å². The molecule has 126 valence electrons. The minimum Gasteiger partial charge on any atom is -0.497 e. The number of rotatable bonds is 6. The smallest absolute Gasteiger partial charge is 0.340 e. The largest absolute Gasteiger partial charge is 0.497 e. The van der Waals surface area contributed by atoms with Crippen LogP contribution in [0.4, 0.5) is 5.69 Å². The fraction of sp³-hybridized carbons (Fsp3) is 0.167. The lowest BCUT2D eigenvalue weighted by Crippen LogP contribution is -2.08. The van der Waals surface area contributed by atoms with Gasteiger partial charge in [-0.2, -0.15) is 0 Å². The van der Waals surface area contributed by atoms with E-state index in [1.54, 1.807) is 62.7 Å². The molecule has 0 bridgehead atoms.